The Morgan fingerprint density at radius 2 is 1.72 bits per heavy atom. The van der Waals surface area contributed by atoms with Gasteiger partial charge in [-0.2, -0.15) is 0 Å². The van der Waals surface area contributed by atoms with Crippen molar-refractivity contribution >= 4 is 22.6 Å². The number of nitrogens with zero attached hydrogens (tertiary/aromatic N) is 1. The first kappa shape index (κ1) is 17.4. The number of H-pyrrole nitrogens is 1. The van der Waals surface area contributed by atoms with E-state index in [2.05, 4.69) is 42.2 Å². The molecule has 0 saturated heterocycles. The van der Waals surface area contributed by atoms with Crippen LogP contribution in [0.2, 0.25) is 0 Å². The number of aryl methyl sites for hydroxylation is 1. The van der Waals surface area contributed by atoms with Crippen LogP contribution in [0.15, 0.2) is 72.8 Å². The molecule has 0 aliphatic heterocycles. The highest BCUT2D eigenvalue weighted by Crippen LogP contribution is 2.44. The predicted molar refractivity (Wildman–Crippen MR) is 117 cm³/mol. The van der Waals surface area contributed by atoms with Crippen LogP contribution >= 0.6 is 0 Å². The number of fused-ring (bicyclic) bond motifs is 4. The summed E-state index contributed by atoms with van der Waals surface area (Å²) in [4.78, 5) is 15.1. The molecule has 0 fully saturated rings. The summed E-state index contributed by atoms with van der Waals surface area (Å²) >= 11 is 0. The van der Waals surface area contributed by atoms with E-state index in [4.69, 9.17) is 0 Å². The molecule has 0 saturated carbocycles. The van der Waals surface area contributed by atoms with Gasteiger partial charge in [-0.05, 0) is 40.8 Å². The fraction of sp³-hybridized carbons (Fsp3) is 0.120. The van der Waals surface area contributed by atoms with E-state index in [1.807, 2.05) is 48.5 Å². The lowest BCUT2D eigenvalue weighted by atomic mass is 9.87. The first-order valence-corrected chi connectivity index (χ1v) is 9.73. The number of benzene rings is 3. The first-order chi connectivity index (χ1) is 14.1. The molecule has 1 aromatic heterocycles. The molecule has 1 aliphatic rings. The zero-order valence-electron chi connectivity index (χ0n) is 16.1. The lowest BCUT2D eigenvalue weighted by Crippen LogP contribution is -2.15. The van der Waals surface area contributed by atoms with Gasteiger partial charge in [-0.3, -0.25) is 10.1 Å². The highest BCUT2D eigenvalue weighted by atomic mass is 16.6. The van der Waals surface area contributed by atoms with Crippen molar-refractivity contribution in [2.24, 2.45) is 0 Å². The van der Waals surface area contributed by atoms with Crippen LogP contribution in [0, 0.1) is 17.0 Å². The van der Waals surface area contributed by atoms with Crippen LogP contribution in [0.1, 0.15) is 39.4 Å². The van der Waals surface area contributed by atoms with Gasteiger partial charge in [0.2, 0.25) is 6.54 Å². The first-order valence-electron chi connectivity index (χ1n) is 9.73. The fourth-order valence-corrected chi connectivity index (χ4v) is 4.49. The molecule has 1 aliphatic carbocycles. The average Bonchev–Trinajstić information content (AvgIpc) is 3.06. The molecular weight excluding hydrogens is 360 g/mol. The Balaban J connectivity index is 1.90. The van der Waals surface area contributed by atoms with E-state index < -0.39 is 0 Å². The largest absolute Gasteiger partial charge is 0.354 e. The topological polar surface area (TPSA) is 58.9 Å². The minimum Gasteiger partial charge on any atom is -0.354 e. The van der Waals surface area contributed by atoms with Crippen molar-refractivity contribution in [2.45, 2.75) is 12.8 Å². The number of hydrogen-bond donors (Lipinski definition) is 1. The van der Waals surface area contributed by atoms with Crippen molar-refractivity contribution in [3.63, 3.8) is 0 Å². The second-order valence-corrected chi connectivity index (χ2v) is 7.53. The van der Waals surface area contributed by atoms with E-state index in [0.29, 0.717) is 0 Å². The quantitative estimate of drug-likeness (QED) is 0.361. The third-order valence-corrected chi connectivity index (χ3v) is 5.79. The van der Waals surface area contributed by atoms with Gasteiger partial charge in [-0.1, -0.05) is 72.8 Å². The average molecular weight is 380 g/mol. The van der Waals surface area contributed by atoms with E-state index in [1.54, 1.807) is 0 Å². The Bertz CT molecular complexity index is 1270. The van der Waals surface area contributed by atoms with Gasteiger partial charge in [0.1, 0.15) is 0 Å². The lowest BCUT2D eigenvalue weighted by Gasteiger charge is -2.15. The zero-order chi connectivity index (χ0) is 20.0. The summed E-state index contributed by atoms with van der Waals surface area (Å²) in [5.74, 6) is -0.316. The Hall–Kier alpha value is -3.66. The van der Waals surface area contributed by atoms with Crippen molar-refractivity contribution in [2.75, 3.05) is 6.54 Å². The summed E-state index contributed by atoms with van der Waals surface area (Å²) in [5.41, 5.74) is 8.36. The molecule has 1 atom stereocenters. The van der Waals surface area contributed by atoms with Crippen LogP contribution in [-0.2, 0) is 0 Å². The molecule has 142 valence electrons. The second-order valence-electron chi connectivity index (χ2n) is 7.53. The molecule has 0 bridgehead atoms. The summed E-state index contributed by atoms with van der Waals surface area (Å²) in [7, 11) is 0. The molecule has 0 amide bonds. The third-order valence-electron chi connectivity index (χ3n) is 5.79. The monoisotopic (exact) mass is 380 g/mol. The van der Waals surface area contributed by atoms with Gasteiger partial charge in [-0.25, -0.2) is 0 Å². The maximum absolute atomic E-state index is 11.7. The third kappa shape index (κ3) is 2.85. The minimum atomic E-state index is -0.316. The van der Waals surface area contributed by atoms with Crippen molar-refractivity contribution in [3.05, 3.63) is 116 Å². The minimum absolute atomic E-state index is 0.138. The van der Waals surface area contributed by atoms with E-state index in [0.717, 1.165) is 50.0 Å². The molecular formula is C25H20N2O2. The summed E-state index contributed by atoms with van der Waals surface area (Å²) < 4.78 is 0. The summed E-state index contributed by atoms with van der Waals surface area (Å²) in [6, 6.07) is 24.4. The van der Waals surface area contributed by atoms with Crippen molar-refractivity contribution in [3.8, 4) is 0 Å². The number of hydrogen-bond acceptors (Lipinski definition) is 2. The Morgan fingerprint density at radius 3 is 2.52 bits per heavy atom. The molecule has 1 heterocycles. The number of nitro groups is 1. The van der Waals surface area contributed by atoms with Crippen LogP contribution in [0.4, 0.5) is 0 Å². The van der Waals surface area contributed by atoms with Crippen LogP contribution in [0.5, 0.6) is 0 Å². The van der Waals surface area contributed by atoms with Crippen molar-refractivity contribution in [1.82, 2.24) is 4.98 Å². The molecule has 4 heteroatoms. The highest BCUT2D eigenvalue weighted by Gasteiger charge is 2.32. The van der Waals surface area contributed by atoms with Crippen molar-refractivity contribution < 1.29 is 4.92 Å². The summed E-state index contributed by atoms with van der Waals surface area (Å²) in [5, 5.41) is 12.7. The molecule has 5 rings (SSSR count). The van der Waals surface area contributed by atoms with Crippen LogP contribution < -0.4 is 0 Å². The van der Waals surface area contributed by atoms with Gasteiger partial charge in [-0.15, -0.1) is 0 Å². The van der Waals surface area contributed by atoms with E-state index in [9.17, 15) is 10.1 Å². The number of para-hydroxylation sites is 1. The summed E-state index contributed by atoms with van der Waals surface area (Å²) in [6.45, 7) is 1.93. The molecule has 0 spiro atoms. The smallest absolute Gasteiger partial charge is 0.214 e. The Labute approximate surface area is 168 Å². The maximum atomic E-state index is 11.7. The SMILES string of the molecule is Cc1cccc2c3c([nH]c12)C(c1ccccc1)=Cc1ccccc1C3C[N+](=O)[O-]. The number of rotatable bonds is 3. The molecule has 4 nitrogen and oxygen atoms in total. The maximum Gasteiger partial charge on any atom is 0.214 e. The molecule has 1 unspecified atom stereocenters. The Kier molecular flexibility index (Phi) is 4.06. The van der Waals surface area contributed by atoms with Crippen LogP contribution in [-0.4, -0.2) is 16.5 Å². The molecule has 0 radical (unpaired) electrons. The zero-order valence-corrected chi connectivity index (χ0v) is 16.1. The van der Waals surface area contributed by atoms with Gasteiger partial charge in [0.05, 0.1) is 11.6 Å². The van der Waals surface area contributed by atoms with Gasteiger partial charge in [0.25, 0.3) is 0 Å². The fourth-order valence-electron chi connectivity index (χ4n) is 4.49. The van der Waals surface area contributed by atoms with Gasteiger partial charge in [0.15, 0.2) is 0 Å². The normalized spacial score (nSPS) is 15.3. The molecule has 4 aromatic rings. The van der Waals surface area contributed by atoms with E-state index in [-0.39, 0.29) is 17.4 Å². The van der Waals surface area contributed by atoms with Crippen LogP contribution in [0.3, 0.4) is 0 Å². The lowest BCUT2D eigenvalue weighted by molar-refractivity contribution is -0.481. The van der Waals surface area contributed by atoms with Crippen molar-refractivity contribution in [1.29, 1.82) is 0 Å². The summed E-state index contributed by atoms with van der Waals surface area (Å²) in [6.07, 6.45) is 2.16. The molecule has 3 aromatic carbocycles. The van der Waals surface area contributed by atoms with Crippen LogP contribution in [0.25, 0.3) is 22.6 Å². The number of aromatic nitrogens is 1. The standard InChI is InChI=1S/C25H20N2O2/c1-16-8-7-13-20-23-22(15-27(28)29)19-12-6-5-11-18(19)14-21(25(23)26-24(16)20)17-9-3-2-4-10-17/h2-14,22,26H,15H2,1H3. The number of nitrogens with one attached hydrogen (secondary N) is 1. The second kappa shape index (κ2) is 6.74. The Morgan fingerprint density at radius 1 is 0.966 bits per heavy atom. The molecule has 29 heavy (non-hydrogen) atoms. The number of aromatic amines is 1. The van der Waals surface area contributed by atoms with Gasteiger partial charge >= 0.3 is 0 Å². The van der Waals surface area contributed by atoms with Gasteiger partial charge in [0, 0.05) is 21.4 Å². The predicted octanol–water partition coefficient (Wildman–Crippen LogP) is 5.79. The highest BCUT2D eigenvalue weighted by molar-refractivity contribution is 6.00. The van der Waals surface area contributed by atoms with Gasteiger partial charge < -0.3 is 4.98 Å². The van der Waals surface area contributed by atoms with E-state index >= 15 is 0 Å². The molecule has 1 N–H and O–H groups in total. The van der Waals surface area contributed by atoms with E-state index in [1.165, 1.54) is 0 Å².